The molecule has 0 amide bonds. The summed E-state index contributed by atoms with van der Waals surface area (Å²) in [6.45, 7) is 0.495. The van der Waals surface area contributed by atoms with E-state index in [9.17, 15) is 4.79 Å². The number of carboxylic acids is 1. The minimum absolute atomic E-state index is 0.0930. The van der Waals surface area contributed by atoms with Crippen molar-refractivity contribution in [1.29, 1.82) is 0 Å². The molecule has 0 saturated heterocycles. The lowest BCUT2D eigenvalue weighted by atomic mass is 9.86. The Bertz CT molecular complexity index is 677. The van der Waals surface area contributed by atoms with Crippen LogP contribution in [0.15, 0.2) is 34.7 Å². The summed E-state index contributed by atoms with van der Waals surface area (Å²) in [4.78, 5) is 11.1. The maximum atomic E-state index is 11.1. The molecule has 0 aliphatic heterocycles. The quantitative estimate of drug-likeness (QED) is 0.791. The van der Waals surface area contributed by atoms with E-state index in [1.165, 1.54) is 5.56 Å². The van der Waals surface area contributed by atoms with Crippen LogP contribution in [-0.2, 0) is 19.6 Å². The first-order chi connectivity index (χ1) is 10.7. The van der Waals surface area contributed by atoms with Crippen LogP contribution in [0, 0.1) is 0 Å². The maximum absolute atomic E-state index is 11.1. The zero-order valence-corrected chi connectivity index (χ0v) is 12.2. The van der Waals surface area contributed by atoms with Crippen molar-refractivity contribution in [3.05, 3.63) is 58.5 Å². The molecular weight excluding hydrogens is 282 g/mol. The number of carbonyl (C=O) groups is 1. The summed E-state index contributed by atoms with van der Waals surface area (Å²) in [6.07, 6.45) is 2.98. The normalized spacial score (nSPS) is 17.2. The molecule has 1 aromatic heterocycles. The number of carboxylic acid groups (broad SMARTS) is 1. The fourth-order valence-corrected chi connectivity index (χ4v) is 2.99. The molecule has 3 rings (SSSR count). The SMILES string of the molecule is O=C(O)c1ccc2c(c1)CCCC2NCc1ccc(CO)o1. The molecule has 1 aromatic carbocycles. The Kier molecular flexibility index (Phi) is 4.27. The van der Waals surface area contributed by atoms with E-state index in [1.54, 1.807) is 18.2 Å². The van der Waals surface area contributed by atoms with Crippen LogP contribution < -0.4 is 5.32 Å². The Labute approximate surface area is 128 Å². The number of aliphatic hydroxyl groups is 1. The number of rotatable bonds is 5. The van der Waals surface area contributed by atoms with Gasteiger partial charge in [0, 0.05) is 6.04 Å². The molecule has 0 radical (unpaired) electrons. The molecule has 3 N–H and O–H groups in total. The fraction of sp³-hybridized carbons (Fsp3) is 0.353. The number of aryl methyl sites for hydroxylation is 1. The number of furan rings is 1. The second-order valence-electron chi connectivity index (χ2n) is 5.57. The highest BCUT2D eigenvalue weighted by molar-refractivity contribution is 5.88. The molecule has 0 saturated carbocycles. The molecule has 1 atom stereocenters. The van der Waals surface area contributed by atoms with Gasteiger partial charge in [-0.15, -0.1) is 0 Å². The van der Waals surface area contributed by atoms with Gasteiger partial charge in [-0.1, -0.05) is 6.07 Å². The van der Waals surface area contributed by atoms with Crippen LogP contribution in [0.5, 0.6) is 0 Å². The van der Waals surface area contributed by atoms with Gasteiger partial charge >= 0.3 is 5.97 Å². The average molecular weight is 301 g/mol. The highest BCUT2D eigenvalue weighted by Crippen LogP contribution is 2.30. The molecule has 1 unspecified atom stereocenters. The minimum Gasteiger partial charge on any atom is -0.478 e. The molecule has 1 aliphatic carbocycles. The van der Waals surface area contributed by atoms with E-state index in [4.69, 9.17) is 14.6 Å². The summed E-state index contributed by atoms with van der Waals surface area (Å²) >= 11 is 0. The van der Waals surface area contributed by atoms with Crippen LogP contribution in [0.3, 0.4) is 0 Å². The molecule has 116 valence electrons. The Morgan fingerprint density at radius 1 is 1.27 bits per heavy atom. The highest BCUT2D eigenvalue weighted by atomic mass is 16.4. The summed E-state index contributed by atoms with van der Waals surface area (Å²) in [6, 6.07) is 9.19. The lowest BCUT2D eigenvalue weighted by Crippen LogP contribution is -2.25. The van der Waals surface area contributed by atoms with Gasteiger partial charge in [0.1, 0.15) is 18.1 Å². The largest absolute Gasteiger partial charge is 0.478 e. The van der Waals surface area contributed by atoms with Gasteiger partial charge in [-0.2, -0.15) is 0 Å². The number of aromatic carboxylic acids is 1. The van der Waals surface area contributed by atoms with Gasteiger partial charge in [-0.05, 0) is 54.7 Å². The summed E-state index contributed by atoms with van der Waals surface area (Å²) in [5.74, 6) is 0.468. The van der Waals surface area contributed by atoms with Crippen molar-refractivity contribution >= 4 is 5.97 Å². The van der Waals surface area contributed by atoms with E-state index in [-0.39, 0.29) is 12.6 Å². The van der Waals surface area contributed by atoms with Gasteiger partial charge in [0.25, 0.3) is 0 Å². The van der Waals surface area contributed by atoms with Crippen molar-refractivity contribution in [1.82, 2.24) is 5.32 Å². The predicted octanol–water partition coefficient (Wildman–Crippen LogP) is 2.64. The molecule has 5 nitrogen and oxygen atoms in total. The van der Waals surface area contributed by atoms with Crippen LogP contribution in [0.2, 0.25) is 0 Å². The Morgan fingerprint density at radius 2 is 2.09 bits per heavy atom. The Balaban J connectivity index is 1.72. The second-order valence-corrected chi connectivity index (χ2v) is 5.57. The van der Waals surface area contributed by atoms with Crippen molar-refractivity contribution in [3.8, 4) is 0 Å². The van der Waals surface area contributed by atoms with Crippen LogP contribution in [0.1, 0.15) is 51.9 Å². The smallest absolute Gasteiger partial charge is 0.335 e. The van der Waals surface area contributed by atoms with Gasteiger partial charge in [0.2, 0.25) is 0 Å². The molecule has 1 heterocycles. The van der Waals surface area contributed by atoms with Crippen molar-refractivity contribution < 1.29 is 19.4 Å². The topological polar surface area (TPSA) is 82.7 Å². The van der Waals surface area contributed by atoms with E-state index in [1.807, 2.05) is 12.1 Å². The number of aliphatic hydroxyl groups excluding tert-OH is 1. The van der Waals surface area contributed by atoms with Crippen molar-refractivity contribution in [3.63, 3.8) is 0 Å². The molecule has 2 aromatic rings. The second kappa shape index (κ2) is 6.34. The first kappa shape index (κ1) is 14.8. The molecule has 22 heavy (non-hydrogen) atoms. The summed E-state index contributed by atoms with van der Waals surface area (Å²) in [5.41, 5.74) is 2.63. The average Bonchev–Trinajstić information content (AvgIpc) is 3.00. The summed E-state index contributed by atoms with van der Waals surface area (Å²) < 4.78 is 5.47. The molecule has 0 spiro atoms. The molecular formula is C17H19NO4. The molecule has 0 fully saturated rings. The van der Waals surface area contributed by atoms with E-state index < -0.39 is 5.97 Å². The predicted molar refractivity (Wildman–Crippen MR) is 80.6 cm³/mol. The van der Waals surface area contributed by atoms with E-state index in [2.05, 4.69) is 5.32 Å². The van der Waals surface area contributed by atoms with Crippen molar-refractivity contribution in [2.24, 2.45) is 0 Å². The third-order valence-electron chi connectivity index (χ3n) is 4.10. The number of hydrogen-bond acceptors (Lipinski definition) is 4. The van der Waals surface area contributed by atoms with Crippen LogP contribution >= 0.6 is 0 Å². The summed E-state index contributed by atoms with van der Waals surface area (Å²) in [5, 5.41) is 21.5. The third kappa shape index (κ3) is 3.05. The highest BCUT2D eigenvalue weighted by Gasteiger charge is 2.21. The van der Waals surface area contributed by atoms with Crippen molar-refractivity contribution in [2.75, 3.05) is 0 Å². The molecule has 5 heteroatoms. The van der Waals surface area contributed by atoms with Crippen LogP contribution in [0.25, 0.3) is 0 Å². The van der Waals surface area contributed by atoms with E-state index in [0.29, 0.717) is 17.9 Å². The zero-order valence-electron chi connectivity index (χ0n) is 12.2. The van der Waals surface area contributed by atoms with Crippen LogP contribution in [-0.4, -0.2) is 16.2 Å². The monoisotopic (exact) mass is 301 g/mol. The van der Waals surface area contributed by atoms with Gasteiger partial charge in [-0.25, -0.2) is 4.79 Å². The Morgan fingerprint density at radius 3 is 2.82 bits per heavy atom. The first-order valence-electron chi connectivity index (χ1n) is 7.45. The van der Waals surface area contributed by atoms with E-state index >= 15 is 0 Å². The zero-order chi connectivity index (χ0) is 15.5. The van der Waals surface area contributed by atoms with Gasteiger partial charge in [0.15, 0.2) is 0 Å². The number of hydrogen-bond donors (Lipinski definition) is 3. The number of benzene rings is 1. The van der Waals surface area contributed by atoms with Gasteiger partial charge in [0.05, 0.1) is 12.1 Å². The molecule has 1 aliphatic rings. The summed E-state index contributed by atoms with van der Waals surface area (Å²) in [7, 11) is 0. The van der Waals surface area contributed by atoms with E-state index in [0.717, 1.165) is 30.6 Å². The minimum atomic E-state index is -0.884. The van der Waals surface area contributed by atoms with Crippen molar-refractivity contribution in [2.45, 2.75) is 38.5 Å². The number of fused-ring (bicyclic) bond motifs is 1. The standard InChI is InChI=1S/C17H19NO4/c19-10-14-6-5-13(22-14)9-18-16-3-1-2-11-8-12(17(20)21)4-7-15(11)16/h4-8,16,18-19H,1-3,9-10H2,(H,20,21). The third-order valence-corrected chi connectivity index (χ3v) is 4.10. The fourth-order valence-electron chi connectivity index (χ4n) is 2.99. The maximum Gasteiger partial charge on any atom is 0.335 e. The Hall–Kier alpha value is -2.11. The lowest BCUT2D eigenvalue weighted by Gasteiger charge is -2.26. The van der Waals surface area contributed by atoms with Gasteiger partial charge < -0.3 is 19.9 Å². The van der Waals surface area contributed by atoms with Gasteiger partial charge in [-0.3, -0.25) is 0 Å². The lowest BCUT2D eigenvalue weighted by molar-refractivity contribution is 0.0696. The molecule has 0 bridgehead atoms. The van der Waals surface area contributed by atoms with Crippen LogP contribution in [0.4, 0.5) is 0 Å². The first-order valence-corrected chi connectivity index (χ1v) is 7.45. The number of nitrogens with one attached hydrogen (secondary N) is 1.